The number of piperidine rings is 1. The van der Waals surface area contributed by atoms with Crippen LogP contribution in [-0.4, -0.2) is 47.0 Å². The normalized spacial score (nSPS) is 25.3. The zero-order valence-electron chi connectivity index (χ0n) is 12.9. The van der Waals surface area contributed by atoms with Gasteiger partial charge in [0.1, 0.15) is 0 Å². The summed E-state index contributed by atoms with van der Waals surface area (Å²) in [6, 6.07) is 1.85. The summed E-state index contributed by atoms with van der Waals surface area (Å²) in [6.45, 7) is 8.03. The molecule has 114 valence electrons. The third-order valence-electron chi connectivity index (χ3n) is 4.57. The summed E-state index contributed by atoms with van der Waals surface area (Å²) in [5.41, 5.74) is 0. The predicted octanol–water partition coefficient (Wildman–Crippen LogP) is 1.81. The van der Waals surface area contributed by atoms with Crippen LogP contribution in [0.15, 0.2) is 18.5 Å². The van der Waals surface area contributed by atoms with E-state index >= 15 is 0 Å². The Hall–Kier alpha value is -1.65. The zero-order chi connectivity index (χ0) is 14.8. The van der Waals surface area contributed by atoms with Crippen molar-refractivity contribution in [3.05, 3.63) is 18.5 Å². The van der Waals surface area contributed by atoms with Crippen LogP contribution in [0, 0.1) is 17.8 Å². The van der Waals surface area contributed by atoms with Gasteiger partial charge in [-0.05, 0) is 30.2 Å². The highest BCUT2D eigenvalue weighted by Crippen LogP contribution is 2.32. The molecule has 0 saturated carbocycles. The van der Waals surface area contributed by atoms with Gasteiger partial charge in [0.05, 0.1) is 0 Å². The van der Waals surface area contributed by atoms with E-state index in [4.69, 9.17) is 0 Å². The minimum atomic E-state index is 0.321. The molecule has 0 aromatic carbocycles. The Morgan fingerprint density at radius 2 is 1.95 bits per heavy atom. The second-order valence-electron chi connectivity index (χ2n) is 6.70. The molecular formula is C16H24N4O. The zero-order valence-corrected chi connectivity index (χ0v) is 12.9. The molecule has 21 heavy (non-hydrogen) atoms. The first-order valence-corrected chi connectivity index (χ1v) is 7.93. The van der Waals surface area contributed by atoms with Gasteiger partial charge in [-0.25, -0.2) is 9.97 Å². The molecule has 3 heterocycles. The van der Waals surface area contributed by atoms with Gasteiger partial charge in [0.2, 0.25) is 11.9 Å². The summed E-state index contributed by atoms with van der Waals surface area (Å²) in [6.07, 6.45) is 5.39. The van der Waals surface area contributed by atoms with E-state index in [-0.39, 0.29) is 0 Å². The van der Waals surface area contributed by atoms with E-state index in [0.29, 0.717) is 30.1 Å². The van der Waals surface area contributed by atoms with Gasteiger partial charge < -0.3 is 9.80 Å². The van der Waals surface area contributed by atoms with E-state index in [2.05, 4.69) is 33.6 Å². The molecule has 2 fully saturated rings. The molecule has 0 N–H and O–H groups in total. The number of hydrogen-bond acceptors (Lipinski definition) is 4. The Bertz CT molecular complexity index is 490. The van der Waals surface area contributed by atoms with Crippen LogP contribution in [0.3, 0.4) is 0 Å². The highest BCUT2D eigenvalue weighted by molar-refractivity contribution is 5.76. The summed E-state index contributed by atoms with van der Waals surface area (Å²) in [5, 5.41) is 0. The van der Waals surface area contributed by atoms with Crippen molar-refractivity contribution in [2.45, 2.75) is 26.7 Å². The summed E-state index contributed by atoms with van der Waals surface area (Å²) in [4.78, 5) is 25.3. The molecule has 1 aromatic heterocycles. The number of rotatable bonds is 3. The van der Waals surface area contributed by atoms with Gasteiger partial charge in [-0.15, -0.1) is 0 Å². The van der Waals surface area contributed by atoms with Gasteiger partial charge in [0, 0.05) is 45.0 Å². The smallest absolute Gasteiger partial charge is 0.225 e. The van der Waals surface area contributed by atoms with E-state index < -0.39 is 0 Å². The van der Waals surface area contributed by atoms with E-state index in [1.807, 2.05) is 6.07 Å². The number of hydrogen-bond donors (Lipinski definition) is 0. The first-order valence-electron chi connectivity index (χ1n) is 7.93. The fourth-order valence-corrected chi connectivity index (χ4v) is 3.49. The van der Waals surface area contributed by atoms with Crippen molar-refractivity contribution in [2.24, 2.45) is 17.8 Å². The lowest BCUT2D eigenvalue weighted by atomic mass is 9.89. The van der Waals surface area contributed by atoms with Gasteiger partial charge in [-0.2, -0.15) is 0 Å². The molecule has 1 aromatic rings. The van der Waals surface area contributed by atoms with Crippen molar-refractivity contribution in [3.8, 4) is 0 Å². The lowest BCUT2D eigenvalue weighted by Crippen LogP contribution is -2.40. The minimum absolute atomic E-state index is 0.321. The Morgan fingerprint density at radius 1 is 1.24 bits per heavy atom. The van der Waals surface area contributed by atoms with Gasteiger partial charge >= 0.3 is 0 Å². The Balaban J connectivity index is 1.61. The Labute approximate surface area is 126 Å². The topological polar surface area (TPSA) is 49.3 Å². The molecule has 0 unspecified atom stereocenters. The number of amides is 1. The largest absolute Gasteiger partial charge is 0.342 e. The predicted molar refractivity (Wildman–Crippen MR) is 81.9 cm³/mol. The van der Waals surface area contributed by atoms with Gasteiger partial charge in [-0.1, -0.05) is 13.8 Å². The highest BCUT2D eigenvalue weighted by Gasteiger charge is 2.39. The number of aromatic nitrogens is 2. The van der Waals surface area contributed by atoms with Gasteiger partial charge in [-0.3, -0.25) is 4.79 Å². The van der Waals surface area contributed by atoms with Crippen molar-refractivity contribution in [3.63, 3.8) is 0 Å². The molecule has 2 aliphatic rings. The van der Waals surface area contributed by atoms with Crippen LogP contribution in [0.25, 0.3) is 0 Å². The average molecular weight is 288 g/mol. The van der Waals surface area contributed by atoms with E-state index in [1.165, 1.54) is 0 Å². The first-order chi connectivity index (χ1) is 10.1. The number of fused-ring (bicyclic) bond motifs is 1. The van der Waals surface area contributed by atoms with E-state index in [0.717, 1.165) is 38.5 Å². The first kappa shape index (κ1) is 14.3. The van der Waals surface area contributed by atoms with E-state index in [9.17, 15) is 4.79 Å². The lowest BCUT2D eigenvalue weighted by Gasteiger charge is -2.34. The number of carbonyl (C=O) groups excluding carboxylic acids is 1. The molecule has 0 aliphatic carbocycles. The molecule has 0 radical (unpaired) electrons. The van der Waals surface area contributed by atoms with Gasteiger partial charge in [0.15, 0.2) is 0 Å². The lowest BCUT2D eigenvalue weighted by molar-refractivity contribution is -0.131. The van der Waals surface area contributed by atoms with Crippen molar-refractivity contribution >= 4 is 11.9 Å². The molecule has 1 amide bonds. The fraction of sp³-hybridized carbons (Fsp3) is 0.688. The SMILES string of the molecule is CC(C)CC(=O)N1C[C@H]2CCN(c3ncccn3)C[C@H]2C1. The molecule has 3 rings (SSSR count). The van der Waals surface area contributed by atoms with Gasteiger partial charge in [0.25, 0.3) is 0 Å². The molecular weight excluding hydrogens is 264 g/mol. The number of likely N-dealkylation sites (tertiary alicyclic amines) is 1. The number of carbonyl (C=O) groups is 1. The summed E-state index contributed by atoms with van der Waals surface area (Å²) in [5.74, 6) is 2.80. The monoisotopic (exact) mass is 288 g/mol. The van der Waals surface area contributed by atoms with Crippen molar-refractivity contribution in [1.82, 2.24) is 14.9 Å². The molecule has 2 aliphatic heterocycles. The van der Waals surface area contributed by atoms with Crippen LogP contribution in [-0.2, 0) is 4.79 Å². The highest BCUT2D eigenvalue weighted by atomic mass is 16.2. The van der Waals surface area contributed by atoms with Crippen molar-refractivity contribution in [2.75, 3.05) is 31.1 Å². The van der Waals surface area contributed by atoms with E-state index in [1.54, 1.807) is 12.4 Å². The molecule has 5 nitrogen and oxygen atoms in total. The van der Waals surface area contributed by atoms with Crippen molar-refractivity contribution in [1.29, 1.82) is 0 Å². The Kier molecular flexibility index (Phi) is 4.08. The van der Waals surface area contributed by atoms with Crippen LogP contribution >= 0.6 is 0 Å². The van der Waals surface area contributed by atoms with Crippen LogP contribution < -0.4 is 4.90 Å². The second-order valence-corrected chi connectivity index (χ2v) is 6.70. The molecule has 5 heteroatoms. The van der Waals surface area contributed by atoms with Crippen molar-refractivity contribution < 1.29 is 4.79 Å². The third kappa shape index (κ3) is 3.17. The second kappa shape index (κ2) is 6.00. The quantitative estimate of drug-likeness (QED) is 0.851. The summed E-state index contributed by atoms with van der Waals surface area (Å²) >= 11 is 0. The minimum Gasteiger partial charge on any atom is -0.342 e. The third-order valence-corrected chi connectivity index (χ3v) is 4.57. The maximum absolute atomic E-state index is 12.2. The number of nitrogens with zero attached hydrogens (tertiary/aromatic N) is 4. The molecule has 2 saturated heterocycles. The van der Waals surface area contributed by atoms with Crippen LogP contribution in [0.4, 0.5) is 5.95 Å². The molecule has 0 bridgehead atoms. The Morgan fingerprint density at radius 3 is 2.67 bits per heavy atom. The standard InChI is InChI=1S/C16H24N4O/c1-12(2)8-15(21)20-9-13-4-7-19(10-14(13)11-20)16-17-5-3-6-18-16/h3,5-6,12-14H,4,7-11H2,1-2H3/t13-,14+/m1/s1. The van der Waals surface area contributed by atoms with Crippen LogP contribution in [0.1, 0.15) is 26.7 Å². The average Bonchev–Trinajstić information content (AvgIpc) is 2.90. The molecule has 2 atom stereocenters. The molecule has 0 spiro atoms. The number of anilines is 1. The summed E-state index contributed by atoms with van der Waals surface area (Å²) in [7, 11) is 0. The summed E-state index contributed by atoms with van der Waals surface area (Å²) < 4.78 is 0. The maximum Gasteiger partial charge on any atom is 0.225 e. The van der Waals surface area contributed by atoms with Crippen LogP contribution in [0.5, 0.6) is 0 Å². The van der Waals surface area contributed by atoms with Crippen LogP contribution in [0.2, 0.25) is 0 Å². The fourth-order valence-electron chi connectivity index (χ4n) is 3.49. The maximum atomic E-state index is 12.2.